The van der Waals surface area contributed by atoms with Crippen molar-refractivity contribution in [3.63, 3.8) is 0 Å². The molecule has 0 heterocycles. The zero-order valence-electron chi connectivity index (χ0n) is 13.8. The van der Waals surface area contributed by atoms with Crippen molar-refractivity contribution in [1.82, 2.24) is 5.43 Å². The average Bonchev–Trinajstić information content (AvgIpc) is 2.63. The van der Waals surface area contributed by atoms with Crippen LogP contribution in [-0.2, 0) is 4.79 Å². The molecule has 0 aliphatic rings. The number of phenolic OH excluding ortho intramolecular Hbond substituents is 1. The van der Waals surface area contributed by atoms with Gasteiger partial charge in [0.1, 0.15) is 11.8 Å². The van der Waals surface area contributed by atoms with Crippen LogP contribution in [0.4, 0.5) is 5.69 Å². The number of nitrogens with zero attached hydrogens (tertiary/aromatic N) is 1. The fourth-order valence-electron chi connectivity index (χ4n) is 2.42. The molecule has 3 aromatic rings. The number of carbonyl (C=O) groups excluding carboxylic acids is 1. The minimum Gasteiger partial charge on any atom is -0.508 e. The smallest absolute Gasteiger partial charge is 0.262 e. The maximum atomic E-state index is 12.1. The van der Waals surface area contributed by atoms with Gasteiger partial charge in [-0.2, -0.15) is 5.10 Å². The maximum absolute atomic E-state index is 12.1. The molecule has 0 saturated heterocycles. The van der Waals surface area contributed by atoms with E-state index in [2.05, 4.69) is 15.8 Å². The predicted octanol–water partition coefficient (Wildman–Crippen LogP) is 3.50. The molecule has 3 rings (SSSR count). The Bertz CT molecular complexity index is 904. The van der Waals surface area contributed by atoms with Crippen molar-refractivity contribution < 1.29 is 9.90 Å². The Morgan fingerprint density at radius 3 is 2.52 bits per heavy atom. The lowest BCUT2D eigenvalue weighted by Gasteiger charge is -2.14. The number of anilines is 1. The molecule has 0 spiro atoms. The summed E-state index contributed by atoms with van der Waals surface area (Å²) in [4.78, 5) is 12.1. The fraction of sp³-hybridized carbons (Fsp3) is 0.100. The molecule has 0 bridgehead atoms. The van der Waals surface area contributed by atoms with Gasteiger partial charge in [-0.15, -0.1) is 0 Å². The molecule has 3 aromatic carbocycles. The van der Waals surface area contributed by atoms with Gasteiger partial charge in [0.2, 0.25) is 0 Å². The predicted molar refractivity (Wildman–Crippen MR) is 101 cm³/mol. The van der Waals surface area contributed by atoms with Gasteiger partial charge in [-0.25, -0.2) is 5.43 Å². The van der Waals surface area contributed by atoms with E-state index in [0.717, 1.165) is 22.0 Å². The highest BCUT2D eigenvalue weighted by Crippen LogP contribution is 2.19. The summed E-state index contributed by atoms with van der Waals surface area (Å²) in [6.07, 6.45) is 1.53. The van der Waals surface area contributed by atoms with E-state index in [1.807, 2.05) is 42.5 Å². The number of fused-ring (bicyclic) bond motifs is 1. The van der Waals surface area contributed by atoms with Gasteiger partial charge in [0.15, 0.2) is 0 Å². The lowest BCUT2D eigenvalue weighted by molar-refractivity contribution is -0.121. The number of hydrogen-bond acceptors (Lipinski definition) is 4. The van der Waals surface area contributed by atoms with Gasteiger partial charge < -0.3 is 10.4 Å². The van der Waals surface area contributed by atoms with Gasteiger partial charge in [-0.1, -0.05) is 30.3 Å². The Kier molecular flexibility index (Phi) is 4.95. The van der Waals surface area contributed by atoms with E-state index in [4.69, 9.17) is 0 Å². The lowest BCUT2D eigenvalue weighted by Crippen LogP contribution is -2.34. The standard InChI is InChI=1S/C20H19N3O2/c1-14(20(25)23-21-13-15-6-10-19(24)11-7-15)22-18-9-8-16-4-2-3-5-17(16)12-18/h2-14,22,24H,1H3,(H,23,25)/b21-13+/t14-/m1/s1. The molecule has 0 aliphatic carbocycles. The molecule has 0 unspecified atom stereocenters. The SMILES string of the molecule is C[C@@H](Nc1ccc2ccccc2c1)C(=O)N/N=C/c1ccc(O)cc1. The van der Waals surface area contributed by atoms with Crippen LogP contribution in [-0.4, -0.2) is 23.3 Å². The van der Waals surface area contributed by atoms with Gasteiger partial charge in [0, 0.05) is 5.69 Å². The molecule has 0 radical (unpaired) electrons. The summed E-state index contributed by atoms with van der Waals surface area (Å²) in [5, 5.41) is 18.6. The van der Waals surface area contributed by atoms with E-state index in [-0.39, 0.29) is 11.7 Å². The number of nitrogens with one attached hydrogen (secondary N) is 2. The van der Waals surface area contributed by atoms with Crippen LogP contribution in [0.1, 0.15) is 12.5 Å². The number of amides is 1. The molecule has 25 heavy (non-hydrogen) atoms. The molecular weight excluding hydrogens is 314 g/mol. The second-order valence-corrected chi connectivity index (χ2v) is 5.75. The largest absolute Gasteiger partial charge is 0.508 e. The molecule has 5 heteroatoms. The summed E-state index contributed by atoms with van der Waals surface area (Å²) in [7, 11) is 0. The second-order valence-electron chi connectivity index (χ2n) is 5.75. The summed E-state index contributed by atoms with van der Waals surface area (Å²) >= 11 is 0. The minimum absolute atomic E-state index is 0.189. The summed E-state index contributed by atoms with van der Waals surface area (Å²) in [5.41, 5.74) is 4.17. The number of benzene rings is 3. The normalized spacial score (nSPS) is 12.2. The topological polar surface area (TPSA) is 73.7 Å². The van der Waals surface area contributed by atoms with E-state index in [9.17, 15) is 9.90 Å². The van der Waals surface area contributed by atoms with Crippen LogP contribution in [0.2, 0.25) is 0 Å². The van der Waals surface area contributed by atoms with Crippen LogP contribution in [0, 0.1) is 0 Å². The maximum Gasteiger partial charge on any atom is 0.262 e. The average molecular weight is 333 g/mol. The number of phenols is 1. The van der Waals surface area contributed by atoms with E-state index < -0.39 is 6.04 Å². The molecule has 1 atom stereocenters. The molecule has 5 nitrogen and oxygen atoms in total. The Labute approximate surface area is 146 Å². The number of aromatic hydroxyl groups is 1. The van der Waals surface area contributed by atoms with Crippen LogP contribution in [0.5, 0.6) is 5.75 Å². The van der Waals surface area contributed by atoms with Crippen molar-refractivity contribution in [3.05, 3.63) is 72.3 Å². The first-order valence-corrected chi connectivity index (χ1v) is 7.99. The van der Waals surface area contributed by atoms with Crippen molar-refractivity contribution in [2.45, 2.75) is 13.0 Å². The van der Waals surface area contributed by atoms with Crippen LogP contribution in [0.25, 0.3) is 10.8 Å². The van der Waals surface area contributed by atoms with E-state index >= 15 is 0 Å². The molecule has 0 fully saturated rings. The quantitative estimate of drug-likeness (QED) is 0.494. The zero-order valence-corrected chi connectivity index (χ0v) is 13.8. The fourth-order valence-corrected chi connectivity index (χ4v) is 2.42. The molecule has 126 valence electrons. The molecule has 0 saturated carbocycles. The van der Waals surface area contributed by atoms with Crippen LogP contribution < -0.4 is 10.7 Å². The third-order valence-corrected chi connectivity index (χ3v) is 3.81. The first-order valence-electron chi connectivity index (χ1n) is 7.99. The van der Waals surface area contributed by atoms with Gasteiger partial charge in [-0.05, 0) is 59.7 Å². The van der Waals surface area contributed by atoms with Crippen molar-refractivity contribution >= 4 is 28.6 Å². The molecular formula is C20H19N3O2. The Hall–Kier alpha value is -3.34. The van der Waals surface area contributed by atoms with Crippen molar-refractivity contribution in [2.75, 3.05) is 5.32 Å². The molecule has 3 N–H and O–H groups in total. The second kappa shape index (κ2) is 7.49. The van der Waals surface area contributed by atoms with E-state index in [1.165, 1.54) is 6.21 Å². The summed E-state index contributed by atoms with van der Waals surface area (Å²) in [5.74, 6) is -0.0439. The van der Waals surface area contributed by atoms with Gasteiger partial charge >= 0.3 is 0 Å². The minimum atomic E-state index is -0.432. The summed E-state index contributed by atoms with van der Waals surface area (Å²) in [6.45, 7) is 1.78. The number of carbonyl (C=O) groups is 1. The van der Waals surface area contributed by atoms with Crippen molar-refractivity contribution in [3.8, 4) is 5.75 Å². The Balaban J connectivity index is 1.58. The lowest BCUT2D eigenvalue weighted by atomic mass is 10.1. The number of hydrazone groups is 1. The first kappa shape index (κ1) is 16.5. The van der Waals surface area contributed by atoms with Crippen LogP contribution in [0.3, 0.4) is 0 Å². The summed E-state index contributed by atoms with van der Waals surface area (Å²) in [6, 6.07) is 20.2. The first-order chi connectivity index (χ1) is 12.1. The third kappa shape index (κ3) is 4.35. The van der Waals surface area contributed by atoms with E-state index in [1.54, 1.807) is 31.2 Å². The number of rotatable bonds is 5. The highest BCUT2D eigenvalue weighted by Gasteiger charge is 2.11. The van der Waals surface area contributed by atoms with Crippen LogP contribution in [0.15, 0.2) is 71.8 Å². The monoisotopic (exact) mass is 333 g/mol. The van der Waals surface area contributed by atoms with Gasteiger partial charge in [0.05, 0.1) is 6.21 Å². The van der Waals surface area contributed by atoms with Crippen molar-refractivity contribution in [1.29, 1.82) is 0 Å². The Morgan fingerprint density at radius 1 is 1.04 bits per heavy atom. The zero-order chi connectivity index (χ0) is 17.6. The van der Waals surface area contributed by atoms with Crippen molar-refractivity contribution in [2.24, 2.45) is 5.10 Å². The molecule has 0 aliphatic heterocycles. The third-order valence-electron chi connectivity index (χ3n) is 3.81. The Morgan fingerprint density at radius 2 is 1.76 bits per heavy atom. The summed E-state index contributed by atoms with van der Waals surface area (Å²) < 4.78 is 0. The van der Waals surface area contributed by atoms with Gasteiger partial charge in [0.25, 0.3) is 5.91 Å². The molecule has 1 amide bonds. The highest BCUT2D eigenvalue weighted by atomic mass is 16.3. The van der Waals surface area contributed by atoms with Gasteiger partial charge in [-0.3, -0.25) is 4.79 Å². The van der Waals surface area contributed by atoms with Crippen LogP contribution >= 0.6 is 0 Å². The number of hydrogen-bond donors (Lipinski definition) is 3. The molecule has 0 aromatic heterocycles. The van der Waals surface area contributed by atoms with E-state index in [0.29, 0.717) is 0 Å². The highest BCUT2D eigenvalue weighted by molar-refractivity contribution is 5.89.